The number of imide groups is 1. The maximum Gasteiger partial charge on any atom is 0.294 e. The van der Waals surface area contributed by atoms with Crippen molar-refractivity contribution < 1.29 is 19.1 Å². The molecule has 2 aliphatic heterocycles. The zero-order valence-corrected chi connectivity index (χ0v) is 16.7. The van der Waals surface area contributed by atoms with Gasteiger partial charge < -0.3 is 9.47 Å². The van der Waals surface area contributed by atoms with E-state index in [4.69, 9.17) is 9.47 Å². The third-order valence-corrected chi connectivity index (χ3v) is 5.44. The molecule has 0 bridgehead atoms. The van der Waals surface area contributed by atoms with Gasteiger partial charge in [-0.1, -0.05) is 12.5 Å². The molecule has 0 atom stereocenters. The van der Waals surface area contributed by atoms with Crippen molar-refractivity contribution in [2.75, 3.05) is 33.0 Å². The van der Waals surface area contributed by atoms with Crippen LogP contribution in [0.15, 0.2) is 23.1 Å². The molecule has 0 spiro atoms. The first-order chi connectivity index (χ1) is 13.1. The lowest BCUT2D eigenvalue weighted by molar-refractivity contribution is -0.124. The van der Waals surface area contributed by atoms with Crippen LogP contribution in [0, 0.1) is 0 Å². The molecule has 2 fully saturated rings. The Hall–Kier alpha value is -1.99. The molecule has 6 nitrogen and oxygen atoms in total. The van der Waals surface area contributed by atoms with Crippen LogP contribution in [-0.4, -0.2) is 53.9 Å². The van der Waals surface area contributed by atoms with E-state index in [1.165, 1.54) is 11.3 Å². The molecule has 3 rings (SSSR count). The summed E-state index contributed by atoms with van der Waals surface area (Å²) in [4.78, 5) is 29.0. The van der Waals surface area contributed by atoms with Gasteiger partial charge in [0.15, 0.2) is 11.5 Å². The summed E-state index contributed by atoms with van der Waals surface area (Å²) in [5, 5.41) is -0.201. The van der Waals surface area contributed by atoms with Crippen molar-refractivity contribution in [1.29, 1.82) is 0 Å². The van der Waals surface area contributed by atoms with Gasteiger partial charge in [0, 0.05) is 0 Å². The van der Waals surface area contributed by atoms with Crippen LogP contribution in [0.4, 0.5) is 4.79 Å². The van der Waals surface area contributed by atoms with Gasteiger partial charge in [-0.05, 0) is 75.3 Å². The zero-order chi connectivity index (χ0) is 19.2. The van der Waals surface area contributed by atoms with E-state index in [2.05, 4.69) is 4.90 Å². The van der Waals surface area contributed by atoms with E-state index in [1.807, 2.05) is 32.0 Å². The first-order valence-corrected chi connectivity index (χ1v) is 10.3. The van der Waals surface area contributed by atoms with Crippen LogP contribution in [0.3, 0.4) is 0 Å². The smallest absolute Gasteiger partial charge is 0.294 e. The highest BCUT2D eigenvalue weighted by molar-refractivity contribution is 8.18. The SMILES string of the molecule is CCOc1ccc(/C=C2\SC(=O)N(CN3CCCCC3)C2=O)cc1OCC. The van der Waals surface area contributed by atoms with Crippen LogP contribution in [0.5, 0.6) is 11.5 Å². The number of nitrogens with zero attached hydrogens (tertiary/aromatic N) is 2. The van der Waals surface area contributed by atoms with Gasteiger partial charge in [0.2, 0.25) is 0 Å². The number of amides is 2. The molecule has 1 aromatic carbocycles. The summed E-state index contributed by atoms with van der Waals surface area (Å²) in [7, 11) is 0. The fourth-order valence-electron chi connectivity index (χ4n) is 3.23. The molecule has 0 radical (unpaired) electrons. The van der Waals surface area contributed by atoms with Gasteiger partial charge in [0.1, 0.15) is 0 Å². The summed E-state index contributed by atoms with van der Waals surface area (Å²) >= 11 is 0.999. The second-order valence-electron chi connectivity index (χ2n) is 6.50. The summed E-state index contributed by atoms with van der Waals surface area (Å²) in [5.41, 5.74) is 0.811. The van der Waals surface area contributed by atoms with Crippen molar-refractivity contribution in [3.63, 3.8) is 0 Å². The maximum atomic E-state index is 12.7. The lowest BCUT2D eigenvalue weighted by Crippen LogP contribution is -2.42. The van der Waals surface area contributed by atoms with Gasteiger partial charge in [-0.3, -0.25) is 19.4 Å². The number of hydrogen-bond donors (Lipinski definition) is 0. The molecule has 27 heavy (non-hydrogen) atoms. The number of rotatable bonds is 7. The molecule has 7 heteroatoms. The lowest BCUT2D eigenvalue weighted by atomic mass is 10.1. The third kappa shape index (κ3) is 4.84. The van der Waals surface area contributed by atoms with E-state index < -0.39 is 0 Å². The molecule has 2 aliphatic rings. The zero-order valence-electron chi connectivity index (χ0n) is 15.9. The van der Waals surface area contributed by atoms with E-state index in [-0.39, 0.29) is 11.1 Å². The van der Waals surface area contributed by atoms with E-state index in [0.717, 1.165) is 43.3 Å². The molecule has 0 unspecified atom stereocenters. The molecule has 0 aromatic heterocycles. The van der Waals surface area contributed by atoms with Crippen molar-refractivity contribution in [2.45, 2.75) is 33.1 Å². The Balaban J connectivity index is 1.75. The highest BCUT2D eigenvalue weighted by atomic mass is 32.2. The van der Waals surface area contributed by atoms with Crippen LogP contribution >= 0.6 is 11.8 Å². The van der Waals surface area contributed by atoms with Gasteiger partial charge in [-0.15, -0.1) is 0 Å². The fraction of sp³-hybridized carbons (Fsp3) is 0.500. The molecular weight excluding hydrogens is 364 g/mol. The Bertz CT molecular complexity index is 729. The van der Waals surface area contributed by atoms with Gasteiger partial charge in [-0.25, -0.2) is 0 Å². The van der Waals surface area contributed by atoms with Crippen LogP contribution in [0.25, 0.3) is 6.08 Å². The normalized spacial score (nSPS) is 19.8. The monoisotopic (exact) mass is 390 g/mol. The third-order valence-electron chi connectivity index (χ3n) is 4.53. The summed E-state index contributed by atoms with van der Waals surface area (Å²) in [6.07, 6.45) is 5.22. The van der Waals surface area contributed by atoms with E-state index >= 15 is 0 Å². The van der Waals surface area contributed by atoms with Gasteiger partial charge in [-0.2, -0.15) is 0 Å². The van der Waals surface area contributed by atoms with Crippen LogP contribution in [-0.2, 0) is 4.79 Å². The quantitative estimate of drug-likeness (QED) is 0.657. The number of hydrogen-bond acceptors (Lipinski definition) is 6. The van der Waals surface area contributed by atoms with E-state index in [9.17, 15) is 9.59 Å². The number of thioether (sulfide) groups is 1. The predicted molar refractivity (Wildman–Crippen MR) is 107 cm³/mol. The van der Waals surface area contributed by atoms with Crippen molar-refractivity contribution in [3.05, 3.63) is 28.7 Å². The second kappa shape index (κ2) is 9.28. The number of piperidine rings is 1. The summed E-state index contributed by atoms with van der Waals surface area (Å²) < 4.78 is 11.2. The Labute approximate surface area is 164 Å². The average Bonchev–Trinajstić information content (AvgIpc) is 2.92. The number of likely N-dealkylation sites (tertiary alicyclic amines) is 1. The lowest BCUT2D eigenvalue weighted by Gasteiger charge is -2.29. The number of benzene rings is 1. The predicted octanol–water partition coefficient (Wildman–Crippen LogP) is 3.96. The Morgan fingerprint density at radius 1 is 1.04 bits per heavy atom. The highest BCUT2D eigenvalue weighted by Crippen LogP contribution is 2.35. The average molecular weight is 391 g/mol. The summed E-state index contributed by atoms with van der Waals surface area (Å²) in [5.74, 6) is 1.10. The van der Waals surface area contributed by atoms with Crippen molar-refractivity contribution in [1.82, 2.24) is 9.80 Å². The van der Waals surface area contributed by atoms with E-state index in [0.29, 0.717) is 36.3 Å². The Morgan fingerprint density at radius 2 is 1.74 bits per heavy atom. The summed E-state index contributed by atoms with van der Waals surface area (Å²) in [6.45, 7) is 7.17. The van der Waals surface area contributed by atoms with Crippen LogP contribution < -0.4 is 9.47 Å². The van der Waals surface area contributed by atoms with Gasteiger partial charge in [0.25, 0.3) is 11.1 Å². The Morgan fingerprint density at radius 3 is 2.44 bits per heavy atom. The molecule has 146 valence electrons. The topological polar surface area (TPSA) is 59.1 Å². The summed E-state index contributed by atoms with van der Waals surface area (Å²) in [6, 6.07) is 5.54. The second-order valence-corrected chi connectivity index (χ2v) is 7.50. The minimum Gasteiger partial charge on any atom is -0.490 e. The standard InChI is InChI=1S/C20H26N2O4S/c1-3-25-16-9-8-15(12-17(16)26-4-2)13-18-19(23)22(20(24)27-18)14-21-10-6-5-7-11-21/h8-9,12-13H,3-7,10-11,14H2,1-2H3/b18-13-. The molecule has 2 amide bonds. The molecule has 0 N–H and O–H groups in total. The van der Waals surface area contributed by atoms with Crippen molar-refractivity contribution in [3.8, 4) is 11.5 Å². The Kier molecular flexibility index (Phi) is 6.79. The fourth-order valence-corrected chi connectivity index (χ4v) is 4.06. The molecular formula is C20H26N2O4S. The van der Waals surface area contributed by atoms with Crippen molar-refractivity contribution in [2.24, 2.45) is 0 Å². The first kappa shape index (κ1) is 19.8. The van der Waals surface area contributed by atoms with Crippen molar-refractivity contribution >= 4 is 29.0 Å². The van der Waals surface area contributed by atoms with Crippen LogP contribution in [0.1, 0.15) is 38.7 Å². The van der Waals surface area contributed by atoms with E-state index in [1.54, 1.807) is 6.08 Å². The number of carbonyl (C=O) groups is 2. The largest absolute Gasteiger partial charge is 0.490 e. The molecule has 1 aromatic rings. The number of ether oxygens (including phenoxy) is 2. The van der Waals surface area contributed by atoms with Gasteiger partial charge in [0.05, 0.1) is 24.8 Å². The number of carbonyl (C=O) groups excluding carboxylic acids is 2. The minimum atomic E-state index is -0.220. The first-order valence-electron chi connectivity index (χ1n) is 9.49. The highest BCUT2D eigenvalue weighted by Gasteiger charge is 2.36. The maximum absolute atomic E-state index is 12.7. The molecule has 0 aliphatic carbocycles. The van der Waals surface area contributed by atoms with Crippen LogP contribution in [0.2, 0.25) is 0 Å². The molecule has 2 saturated heterocycles. The molecule has 0 saturated carbocycles. The molecule has 2 heterocycles. The minimum absolute atomic E-state index is 0.201. The van der Waals surface area contributed by atoms with Gasteiger partial charge >= 0.3 is 0 Å².